The van der Waals surface area contributed by atoms with Gasteiger partial charge in [-0.2, -0.15) is 0 Å². The Morgan fingerprint density at radius 2 is 2.22 bits per heavy atom. The van der Waals surface area contributed by atoms with Crippen LogP contribution in [-0.2, 0) is 0 Å². The Labute approximate surface area is 114 Å². The maximum Gasteiger partial charge on any atom is 0.187 e. The topological polar surface area (TPSA) is 49.6 Å². The molecule has 1 aliphatic carbocycles. The van der Waals surface area contributed by atoms with Crippen LogP contribution in [0.15, 0.2) is 23.5 Å². The van der Waals surface area contributed by atoms with E-state index in [9.17, 15) is 0 Å². The first-order valence-corrected chi connectivity index (χ1v) is 7.64. The largest absolute Gasteiger partial charge is 0.308 e. The van der Waals surface area contributed by atoms with E-state index >= 15 is 0 Å². The molecule has 0 spiro atoms. The third kappa shape index (κ3) is 4.61. The molecule has 1 aromatic rings. The number of aromatic nitrogens is 2. The van der Waals surface area contributed by atoms with Crippen LogP contribution in [0.4, 0.5) is 0 Å². The number of hydrogen-bond acceptors (Lipinski definition) is 4. The van der Waals surface area contributed by atoms with E-state index in [0.717, 1.165) is 28.8 Å². The van der Waals surface area contributed by atoms with E-state index in [1.165, 1.54) is 30.8 Å². The van der Waals surface area contributed by atoms with Crippen molar-refractivity contribution in [1.29, 1.82) is 5.41 Å². The Morgan fingerprint density at radius 1 is 1.50 bits per heavy atom. The summed E-state index contributed by atoms with van der Waals surface area (Å²) in [6, 6.07) is 1.86. The summed E-state index contributed by atoms with van der Waals surface area (Å²) in [6.07, 6.45) is 11.0. The summed E-state index contributed by atoms with van der Waals surface area (Å²) < 4.78 is 0. The van der Waals surface area contributed by atoms with Crippen molar-refractivity contribution in [2.24, 2.45) is 5.92 Å². The van der Waals surface area contributed by atoms with Gasteiger partial charge in [0.15, 0.2) is 5.16 Å². The zero-order chi connectivity index (χ0) is 13.4. The average molecular weight is 263 g/mol. The maximum absolute atomic E-state index is 7.43. The summed E-state index contributed by atoms with van der Waals surface area (Å²) in [4.78, 5) is 8.52. The Balaban J connectivity index is 0.000000771. The van der Waals surface area contributed by atoms with Crippen LogP contribution in [0.3, 0.4) is 0 Å². The van der Waals surface area contributed by atoms with Crippen LogP contribution in [0.2, 0.25) is 0 Å². The van der Waals surface area contributed by atoms with Gasteiger partial charge in [-0.15, -0.1) is 0 Å². The summed E-state index contributed by atoms with van der Waals surface area (Å²) in [5, 5.41) is 8.19. The summed E-state index contributed by atoms with van der Waals surface area (Å²) in [7, 11) is 0. The lowest BCUT2D eigenvalue weighted by molar-refractivity contribution is 0.863. The number of hydrogen-bond donors (Lipinski definition) is 1. The number of rotatable bonds is 5. The summed E-state index contributed by atoms with van der Waals surface area (Å²) in [6.45, 7) is 4.00. The van der Waals surface area contributed by atoms with E-state index in [1.807, 2.05) is 26.2 Å². The maximum atomic E-state index is 7.43. The number of thioether (sulfide) groups is 1. The second-order valence-electron chi connectivity index (χ2n) is 3.91. The molecule has 0 saturated heterocycles. The number of nitrogens with one attached hydrogen (secondary N) is 1. The van der Waals surface area contributed by atoms with Crippen LogP contribution in [0.1, 0.15) is 38.8 Å². The normalized spacial score (nSPS) is 14.7. The Hall–Kier alpha value is -1.16. The molecule has 98 valence electrons. The number of nitrogens with zero attached hydrogens (tertiary/aromatic N) is 2. The highest BCUT2D eigenvalue weighted by Gasteiger charge is 2.19. The van der Waals surface area contributed by atoms with Crippen molar-refractivity contribution in [3.8, 4) is 0 Å². The first-order chi connectivity index (χ1) is 8.83. The highest BCUT2D eigenvalue weighted by Crippen LogP contribution is 2.33. The predicted octanol–water partition coefficient (Wildman–Crippen LogP) is 4.06. The molecule has 4 heteroatoms. The van der Waals surface area contributed by atoms with Crippen molar-refractivity contribution >= 4 is 23.5 Å². The second-order valence-corrected chi connectivity index (χ2v) is 4.68. The zero-order valence-electron chi connectivity index (χ0n) is 11.3. The van der Waals surface area contributed by atoms with Crippen molar-refractivity contribution < 1.29 is 0 Å². The Morgan fingerprint density at radius 3 is 2.78 bits per heavy atom. The predicted molar refractivity (Wildman–Crippen MR) is 79.3 cm³/mol. The standard InChI is InChI=1S/C12H15N3S.C2H6/c1-16-12-14-7-6-11(15-12)10(8-13)5-4-9-2-3-9;1-2/h5-9,13H,2-4H2,1H3;1-2H3/b10-5-,13-8?;. The molecule has 0 unspecified atom stereocenters. The average Bonchev–Trinajstić information content (AvgIpc) is 3.26. The molecule has 0 atom stereocenters. The van der Waals surface area contributed by atoms with E-state index < -0.39 is 0 Å². The lowest BCUT2D eigenvalue weighted by Crippen LogP contribution is -1.94. The van der Waals surface area contributed by atoms with Crippen molar-refractivity contribution in [3.05, 3.63) is 24.0 Å². The molecule has 0 aromatic carbocycles. The van der Waals surface area contributed by atoms with Gasteiger partial charge in [-0.3, -0.25) is 0 Å². The van der Waals surface area contributed by atoms with Crippen LogP contribution in [-0.4, -0.2) is 22.4 Å². The molecule has 0 bridgehead atoms. The molecule has 0 amide bonds. The second kappa shape index (κ2) is 8.03. The quantitative estimate of drug-likeness (QED) is 0.495. The van der Waals surface area contributed by atoms with E-state index in [2.05, 4.69) is 16.0 Å². The minimum Gasteiger partial charge on any atom is -0.308 e. The van der Waals surface area contributed by atoms with Crippen molar-refractivity contribution in [1.82, 2.24) is 9.97 Å². The van der Waals surface area contributed by atoms with Gasteiger partial charge in [0.05, 0.1) is 5.69 Å². The first-order valence-electron chi connectivity index (χ1n) is 6.41. The van der Waals surface area contributed by atoms with Crippen LogP contribution in [0, 0.1) is 11.3 Å². The molecule has 1 heterocycles. The van der Waals surface area contributed by atoms with E-state index in [-0.39, 0.29) is 0 Å². The summed E-state index contributed by atoms with van der Waals surface area (Å²) >= 11 is 1.52. The lowest BCUT2D eigenvalue weighted by Gasteiger charge is -2.02. The number of allylic oxidation sites excluding steroid dienone is 2. The minimum atomic E-state index is 0.761. The molecular formula is C14H21N3S. The molecule has 0 aliphatic heterocycles. The molecule has 1 aliphatic rings. The molecule has 1 fully saturated rings. The highest BCUT2D eigenvalue weighted by molar-refractivity contribution is 7.98. The van der Waals surface area contributed by atoms with Gasteiger partial charge in [-0.25, -0.2) is 9.97 Å². The fraction of sp³-hybridized carbons (Fsp3) is 0.500. The molecule has 1 N–H and O–H groups in total. The van der Waals surface area contributed by atoms with Crippen LogP contribution in [0.5, 0.6) is 0 Å². The third-order valence-electron chi connectivity index (χ3n) is 2.64. The SMILES string of the molecule is CC.CSc1nccc(/C(C=N)=C\CC2CC2)n1. The van der Waals surface area contributed by atoms with Crippen LogP contribution < -0.4 is 0 Å². The van der Waals surface area contributed by atoms with Crippen molar-refractivity contribution in [2.45, 2.75) is 38.3 Å². The van der Waals surface area contributed by atoms with Gasteiger partial charge in [0.2, 0.25) is 0 Å². The Kier molecular flexibility index (Phi) is 6.65. The van der Waals surface area contributed by atoms with Gasteiger partial charge >= 0.3 is 0 Å². The Bertz CT molecular complexity index is 411. The van der Waals surface area contributed by atoms with E-state index in [1.54, 1.807) is 6.20 Å². The van der Waals surface area contributed by atoms with Gasteiger partial charge in [0, 0.05) is 18.0 Å². The minimum absolute atomic E-state index is 0.761. The third-order valence-corrected chi connectivity index (χ3v) is 3.20. The van der Waals surface area contributed by atoms with Gasteiger partial charge in [0.1, 0.15) is 0 Å². The summed E-state index contributed by atoms with van der Waals surface area (Å²) in [5.41, 5.74) is 1.76. The van der Waals surface area contributed by atoms with E-state index in [0.29, 0.717) is 0 Å². The molecule has 1 aromatic heterocycles. The van der Waals surface area contributed by atoms with Crippen LogP contribution in [0.25, 0.3) is 5.57 Å². The lowest BCUT2D eigenvalue weighted by atomic mass is 10.1. The van der Waals surface area contributed by atoms with Gasteiger partial charge in [-0.1, -0.05) is 31.7 Å². The molecule has 0 radical (unpaired) electrons. The summed E-state index contributed by atoms with van der Waals surface area (Å²) in [5.74, 6) is 0.844. The monoisotopic (exact) mass is 263 g/mol. The smallest absolute Gasteiger partial charge is 0.187 e. The fourth-order valence-electron chi connectivity index (χ4n) is 1.48. The van der Waals surface area contributed by atoms with Gasteiger partial charge < -0.3 is 5.41 Å². The van der Waals surface area contributed by atoms with Gasteiger partial charge in [-0.05, 0) is 37.5 Å². The molecule has 3 nitrogen and oxygen atoms in total. The van der Waals surface area contributed by atoms with Gasteiger partial charge in [0.25, 0.3) is 0 Å². The fourth-order valence-corrected chi connectivity index (χ4v) is 1.84. The van der Waals surface area contributed by atoms with E-state index in [4.69, 9.17) is 5.41 Å². The molecule has 1 saturated carbocycles. The highest BCUT2D eigenvalue weighted by atomic mass is 32.2. The van der Waals surface area contributed by atoms with Crippen molar-refractivity contribution in [2.75, 3.05) is 6.26 Å². The van der Waals surface area contributed by atoms with Crippen LogP contribution >= 0.6 is 11.8 Å². The molecule has 18 heavy (non-hydrogen) atoms. The molecule has 2 rings (SSSR count). The zero-order valence-corrected chi connectivity index (χ0v) is 12.1. The first kappa shape index (κ1) is 14.9. The van der Waals surface area contributed by atoms with Crippen molar-refractivity contribution in [3.63, 3.8) is 0 Å². The molecular weight excluding hydrogens is 242 g/mol.